The Kier molecular flexibility index (Phi) is 6.36. The predicted octanol–water partition coefficient (Wildman–Crippen LogP) is 4.89. The number of nitrogens with one attached hydrogen (secondary N) is 2. The Morgan fingerprint density at radius 2 is 1.94 bits per heavy atom. The lowest BCUT2D eigenvalue weighted by Gasteiger charge is -2.43. The Morgan fingerprint density at radius 3 is 2.64 bits per heavy atom. The molecular weight excluding hydrogens is 496 g/mol. The van der Waals surface area contributed by atoms with E-state index >= 15 is 0 Å². The molecule has 0 aliphatic carbocycles. The first-order chi connectivity index (χ1) is 17.4. The number of hydrogen-bond donors (Lipinski definition) is 2. The lowest BCUT2D eigenvalue weighted by atomic mass is 9.87. The Morgan fingerprint density at radius 1 is 1.17 bits per heavy atom. The number of nitriles is 1. The standard InChI is InChI=1S/C26H24N4O4S2/c1-28-25(33)29-23-22(17-5-4-16(34-2)12-21(17)35-23)24(32)30-9-7-26(8-10-30)13-19(31)18-11-15(14-27)3-6-20(18)36-26/h3-6,11-12H,7-10,13H2,1-2H3,(H2,28,29,33). The zero-order valence-corrected chi connectivity index (χ0v) is 21.5. The number of benzene rings is 2. The van der Waals surface area contributed by atoms with Crippen molar-refractivity contribution in [2.75, 3.05) is 32.6 Å². The van der Waals surface area contributed by atoms with Crippen LogP contribution in [0.5, 0.6) is 5.75 Å². The third-order valence-corrected chi connectivity index (χ3v) is 9.37. The zero-order valence-electron chi connectivity index (χ0n) is 19.8. The van der Waals surface area contributed by atoms with Crippen LogP contribution in [0.4, 0.5) is 9.80 Å². The Labute approximate surface area is 216 Å². The van der Waals surface area contributed by atoms with Crippen LogP contribution in [0.1, 0.15) is 45.5 Å². The van der Waals surface area contributed by atoms with Crippen LogP contribution in [0.3, 0.4) is 0 Å². The third-order valence-electron chi connectivity index (χ3n) is 6.75. The molecule has 1 fully saturated rings. The molecule has 1 spiro atoms. The summed E-state index contributed by atoms with van der Waals surface area (Å²) in [7, 11) is 3.11. The van der Waals surface area contributed by atoms with E-state index in [9.17, 15) is 14.4 Å². The number of rotatable bonds is 3. The van der Waals surface area contributed by atoms with Gasteiger partial charge in [0.25, 0.3) is 5.91 Å². The molecule has 2 aliphatic rings. The summed E-state index contributed by atoms with van der Waals surface area (Å²) in [6.07, 6.45) is 1.76. The molecule has 1 aromatic heterocycles. The minimum Gasteiger partial charge on any atom is -0.497 e. The van der Waals surface area contributed by atoms with Crippen LogP contribution in [0.15, 0.2) is 41.3 Å². The Hall–Kier alpha value is -3.55. The molecule has 0 atom stereocenters. The summed E-state index contributed by atoms with van der Waals surface area (Å²) in [6.45, 7) is 1.02. The van der Waals surface area contributed by atoms with E-state index in [4.69, 9.17) is 10.00 Å². The van der Waals surface area contributed by atoms with Gasteiger partial charge in [-0.05, 0) is 49.2 Å². The number of fused-ring (bicyclic) bond motifs is 2. The Balaban J connectivity index is 1.39. The van der Waals surface area contributed by atoms with Crippen molar-refractivity contribution in [2.24, 2.45) is 0 Å². The van der Waals surface area contributed by atoms with Crippen LogP contribution in [0.2, 0.25) is 0 Å². The van der Waals surface area contributed by atoms with Crippen molar-refractivity contribution in [3.8, 4) is 11.8 Å². The second kappa shape index (κ2) is 9.48. The summed E-state index contributed by atoms with van der Waals surface area (Å²) in [5.74, 6) is 0.588. The van der Waals surface area contributed by atoms with Gasteiger partial charge in [0.1, 0.15) is 10.8 Å². The molecule has 184 valence electrons. The molecule has 3 aromatic rings. The van der Waals surface area contributed by atoms with Crippen molar-refractivity contribution in [1.82, 2.24) is 10.2 Å². The van der Waals surface area contributed by atoms with Crippen LogP contribution in [-0.4, -0.2) is 54.6 Å². The quantitative estimate of drug-likeness (QED) is 0.509. The van der Waals surface area contributed by atoms with Crippen LogP contribution >= 0.6 is 23.1 Å². The highest BCUT2D eigenvalue weighted by atomic mass is 32.2. The van der Waals surface area contributed by atoms with E-state index in [1.165, 1.54) is 18.4 Å². The maximum absolute atomic E-state index is 13.7. The van der Waals surface area contributed by atoms with Crippen LogP contribution in [0, 0.1) is 11.3 Å². The number of amides is 3. The number of ketones is 1. The van der Waals surface area contributed by atoms with Gasteiger partial charge in [0.2, 0.25) is 0 Å². The molecule has 2 aliphatic heterocycles. The number of methoxy groups -OCH3 is 1. The fraction of sp³-hybridized carbons (Fsp3) is 0.308. The first-order valence-electron chi connectivity index (χ1n) is 11.5. The molecule has 0 unspecified atom stereocenters. The summed E-state index contributed by atoms with van der Waals surface area (Å²) in [5.41, 5.74) is 1.58. The summed E-state index contributed by atoms with van der Waals surface area (Å²) in [4.78, 5) is 41.5. The summed E-state index contributed by atoms with van der Waals surface area (Å²) in [6, 6.07) is 12.5. The fourth-order valence-corrected chi connectivity index (χ4v) is 7.38. The molecule has 0 saturated carbocycles. The van der Waals surface area contributed by atoms with E-state index in [1.54, 1.807) is 37.1 Å². The van der Waals surface area contributed by atoms with Crippen molar-refractivity contribution < 1.29 is 19.1 Å². The number of urea groups is 1. The minimum atomic E-state index is -0.393. The molecule has 2 aromatic carbocycles. The molecule has 8 nitrogen and oxygen atoms in total. The topological polar surface area (TPSA) is 112 Å². The highest BCUT2D eigenvalue weighted by Crippen LogP contribution is 2.49. The van der Waals surface area contributed by atoms with Gasteiger partial charge in [-0.1, -0.05) is 0 Å². The van der Waals surface area contributed by atoms with E-state index in [1.807, 2.05) is 23.1 Å². The SMILES string of the molecule is CNC(=O)Nc1sc2cc(OC)ccc2c1C(=O)N1CCC2(CC1)CC(=O)c1cc(C#N)ccc1S2. The number of likely N-dealkylation sites (tertiary alicyclic amines) is 1. The smallest absolute Gasteiger partial charge is 0.319 e. The third kappa shape index (κ3) is 4.29. The lowest BCUT2D eigenvalue weighted by molar-refractivity contribution is 0.0699. The monoisotopic (exact) mass is 520 g/mol. The van der Waals surface area contributed by atoms with Gasteiger partial charge in [0.05, 0.1) is 24.3 Å². The van der Waals surface area contributed by atoms with Crippen LogP contribution in [-0.2, 0) is 0 Å². The summed E-state index contributed by atoms with van der Waals surface area (Å²) < 4.78 is 5.91. The number of piperidine rings is 1. The number of thioether (sulfide) groups is 1. The van der Waals surface area contributed by atoms with Gasteiger partial charge in [-0.2, -0.15) is 5.26 Å². The number of ether oxygens (including phenoxy) is 1. The number of thiophene rings is 1. The highest BCUT2D eigenvalue weighted by Gasteiger charge is 2.43. The maximum Gasteiger partial charge on any atom is 0.319 e. The average molecular weight is 521 g/mol. The fourth-order valence-electron chi connectivity index (χ4n) is 4.79. The number of carbonyl (C=O) groups excluding carboxylic acids is 3. The number of hydrogen-bond acceptors (Lipinski definition) is 7. The lowest BCUT2D eigenvalue weighted by Crippen LogP contribution is -2.47. The zero-order chi connectivity index (χ0) is 25.4. The van der Waals surface area contributed by atoms with E-state index in [0.717, 1.165) is 15.0 Å². The average Bonchev–Trinajstić information content (AvgIpc) is 3.25. The van der Waals surface area contributed by atoms with Crippen molar-refractivity contribution >= 4 is 55.9 Å². The maximum atomic E-state index is 13.7. The largest absolute Gasteiger partial charge is 0.497 e. The highest BCUT2D eigenvalue weighted by molar-refractivity contribution is 8.01. The number of carbonyl (C=O) groups is 3. The van der Waals surface area contributed by atoms with Crippen molar-refractivity contribution in [2.45, 2.75) is 28.9 Å². The van der Waals surface area contributed by atoms with Gasteiger partial charge in [-0.25, -0.2) is 4.79 Å². The normalized spacial score (nSPS) is 16.4. The molecule has 3 amide bonds. The molecule has 3 heterocycles. The van der Waals surface area contributed by atoms with Crippen molar-refractivity contribution in [1.29, 1.82) is 5.26 Å². The summed E-state index contributed by atoms with van der Waals surface area (Å²) in [5, 5.41) is 15.8. The Bertz CT molecular complexity index is 1430. The van der Waals surface area contributed by atoms with E-state index in [2.05, 4.69) is 16.7 Å². The second-order valence-corrected chi connectivity index (χ2v) is 11.4. The molecule has 36 heavy (non-hydrogen) atoms. The molecule has 0 bridgehead atoms. The van der Waals surface area contributed by atoms with Gasteiger partial charge in [-0.15, -0.1) is 23.1 Å². The molecular formula is C26H24N4O4S2. The number of Topliss-reactive ketones (excluding diaryl/α,β-unsaturated/α-hetero) is 1. The predicted molar refractivity (Wildman–Crippen MR) is 140 cm³/mol. The van der Waals surface area contributed by atoms with Gasteiger partial charge in [0, 0.05) is 51.9 Å². The van der Waals surface area contributed by atoms with Gasteiger partial charge < -0.3 is 15.0 Å². The van der Waals surface area contributed by atoms with E-state index in [-0.39, 0.29) is 16.4 Å². The van der Waals surface area contributed by atoms with Gasteiger partial charge in [-0.3, -0.25) is 14.9 Å². The minimum absolute atomic E-state index is 0.0514. The summed E-state index contributed by atoms with van der Waals surface area (Å²) >= 11 is 3.03. The van der Waals surface area contributed by atoms with E-state index < -0.39 is 6.03 Å². The molecule has 2 N–H and O–H groups in total. The van der Waals surface area contributed by atoms with Crippen LogP contribution < -0.4 is 15.4 Å². The molecule has 1 saturated heterocycles. The van der Waals surface area contributed by atoms with Gasteiger partial charge >= 0.3 is 6.03 Å². The van der Waals surface area contributed by atoms with Gasteiger partial charge in [0.15, 0.2) is 5.78 Å². The number of nitrogens with zero attached hydrogens (tertiary/aromatic N) is 2. The van der Waals surface area contributed by atoms with Crippen LogP contribution in [0.25, 0.3) is 10.1 Å². The second-order valence-electron chi connectivity index (χ2n) is 8.87. The molecule has 5 rings (SSSR count). The van der Waals surface area contributed by atoms with Crippen molar-refractivity contribution in [3.63, 3.8) is 0 Å². The molecule has 0 radical (unpaired) electrons. The van der Waals surface area contributed by atoms with Crippen molar-refractivity contribution in [3.05, 3.63) is 53.1 Å². The first-order valence-corrected chi connectivity index (χ1v) is 13.1. The van der Waals surface area contributed by atoms with E-state index in [0.29, 0.717) is 59.8 Å². The first kappa shape index (κ1) is 24.2. The molecule has 10 heteroatoms. The number of anilines is 1.